The normalized spacial score (nSPS) is 13.8. The maximum atomic E-state index is 12.6. The van der Waals surface area contributed by atoms with E-state index in [9.17, 15) is 9.59 Å². The number of H-pyrrole nitrogens is 1. The van der Waals surface area contributed by atoms with Crippen molar-refractivity contribution in [3.8, 4) is 11.3 Å². The summed E-state index contributed by atoms with van der Waals surface area (Å²) in [4.78, 5) is 41.0. The number of hydrogen-bond acceptors (Lipinski definition) is 5. The van der Waals surface area contributed by atoms with Crippen LogP contribution in [0.3, 0.4) is 0 Å². The summed E-state index contributed by atoms with van der Waals surface area (Å²) in [5.74, 6) is 0.450. The Morgan fingerprint density at radius 3 is 2.39 bits per heavy atom. The number of fused-ring (bicyclic) bond motifs is 1. The molecular formula is C25H24N6O2. The molecule has 0 radical (unpaired) electrons. The molecule has 1 saturated heterocycles. The first-order chi connectivity index (χ1) is 16.1. The van der Waals surface area contributed by atoms with Crippen LogP contribution in [-0.2, 0) is 0 Å². The van der Waals surface area contributed by atoms with E-state index in [0.29, 0.717) is 31.7 Å². The zero-order chi connectivity index (χ0) is 22.8. The summed E-state index contributed by atoms with van der Waals surface area (Å²) >= 11 is 0. The van der Waals surface area contributed by atoms with Gasteiger partial charge in [-0.3, -0.25) is 10.1 Å². The number of hydrogen-bond donors (Lipinski definition) is 2. The molecule has 3 amide bonds. The lowest BCUT2D eigenvalue weighted by molar-refractivity contribution is 0.0951. The van der Waals surface area contributed by atoms with E-state index >= 15 is 0 Å². The van der Waals surface area contributed by atoms with Crippen molar-refractivity contribution < 1.29 is 9.59 Å². The first kappa shape index (κ1) is 20.7. The maximum absolute atomic E-state index is 12.6. The highest BCUT2D eigenvalue weighted by atomic mass is 16.2. The van der Waals surface area contributed by atoms with Crippen LogP contribution < -0.4 is 10.2 Å². The van der Waals surface area contributed by atoms with E-state index in [4.69, 9.17) is 0 Å². The topological polar surface area (TPSA) is 94.2 Å². The molecule has 2 aromatic heterocycles. The van der Waals surface area contributed by atoms with E-state index in [1.807, 2.05) is 6.07 Å². The number of carbonyl (C=O) groups is 2. The van der Waals surface area contributed by atoms with Crippen LogP contribution in [0.4, 0.5) is 10.6 Å². The summed E-state index contributed by atoms with van der Waals surface area (Å²) in [5, 5.41) is 3.42. The number of piperazine rings is 1. The van der Waals surface area contributed by atoms with Gasteiger partial charge in [-0.25, -0.2) is 14.8 Å². The molecule has 0 saturated carbocycles. The lowest BCUT2D eigenvalue weighted by atomic mass is 10.1. The molecule has 0 aliphatic carbocycles. The van der Waals surface area contributed by atoms with Gasteiger partial charge in [0.05, 0.1) is 5.39 Å². The maximum Gasteiger partial charge on any atom is 0.324 e. The fourth-order valence-corrected chi connectivity index (χ4v) is 4.03. The molecule has 3 heterocycles. The van der Waals surface area contributed by atoms with Crippen molar-refractivity contribution >= 4 is 28.8 Å². The van der Waals surface area contributed by atoms with Crippen LogP contribution in [0.25, 0.3) is 22.3 Å². The van der Waals surface area contributed by atoms with Crippen LogP contribution in [0.5, 0.6) is 0 Å². The van der Waals surface area contributed by atoms with Gasteiger partial charge in [-0.2, -0.15) is 0 Å². The molecule has 1 aliphatic rings. The van der Waals surface area contributed by atoms with Gasteiger partial charge in [0.1, 0.15) is 17.8 Å². The number of rotatable bonds is 3. The number of aryl methyl sites for hydroxylation is 1. The summed E-state index contributed by atoms with van der Waals surface area (Å²) in [6.07, 6.45) is 1.56. The molecule has 2 aromatic carbocycles. The van der Waals surface area contributed by atoms with Crippen LogP contribution >= 0.6 is 0 Å². The second kappa shape index (κ2) is 8.74. The zero-order valence-electron chi connectivity index (χ0n) is 18.3. The van der Waals surface area contributed by atoms with Gasteiger partial charge >= 0.3 is 6.03 Å². The Balaban J connectivity index is 1.28. The summed E-state index contributed by atoms with van der Waals surface area (Å²) in [7, 11) is 0. The van der Waals surface area contributed by atoms with Gasteiger partial charge in [0.25, 0.3) is 5.91 Å². The fourth-order valence-electron chi connectivity index (χ4n) is 4.03. The molecular weight excluding hydrogens is 416 g/mol. The molecule has 166 valence electrons. The standard InChI is InChI=1S/C25H24N6O2/c1-17-7-9-18(10-8-17)21-15-20-22(28-21)26-16-27-23(20)30-11-13-31(14-12-30)25(33)29-24(32)19-5-3-2-4-6-19/h2-10,15-16H,11-14H2,1H3,(H,26,27,28)(H,29,32,33). The van der Waals surface area contributed by atoms with E-state index in [2.05, 4.69) is 62.4 Å². The molecule has 0 spiro atoms. The highest BCUT2D eigenvalue weighted by molar-refractivity contribution is 6.04. The minimum atomic E-state index is -0.392. The molecule has 0 unspecified atom stereocenters. The number of anilines is 1. The largest absolute Gasteiger partial charge is 0.352 e. The van der Waals surface area contributed by atoms with E-state index in [1.54, 1.807) is 35.5 Å². The monoisotopic (exact) mass is 440 g/mol. The van der Waals surface area contributed by atoms with Crippen molar-refractivity contribution in [3.05, 3.63) is 78.1 Å². The molecule has 33 heavy (non-hydrogen) atoms. The summed E-state index contributed by atoms with van der Waals surface area (Å²) in [6, 6.07) is 18.8. The number of aromatic nitrogens is 3. The smallest absolute Gasteiger partial charge is 0.324 e. The number of aromatic amines is 1. The molecule has 1 aliphatic heterocycles. The van der Waals surface area contributed by atoms with Gasteiger partial charge in [-0.15, -0.1) is 0 Å². The van der Waals surface area contributed by atoms with Crippen molar-refractivity contribution in [1.29, 1.82) is 0 Å². The Morgan fingerprint density at radius 2 is 1.67 bits per heavy atom. The predicted octanol–water partition coefficient (Wildman–Crippen LogP) is 3.61. The summed E-state index contributed by atoms with van der Waals surface area (Å²) < 4.78 is 0. The molecule has 8 heteroatoms. The highest BCUT2D eigenvalue weighted by Gasteiger charge is 2.25. The number of urea groups is 1. The van der Waals surface area contributed by atoms with Gasteiger partial charge in [-0.1, -0.05) is 48.0 Å². The fraction of sp³-hybridized carbons (Fsp3) is 0.200. The van der Waals surface area contributed by atoms with Crippen LogP contribution in [0, 0.1) is 6.92 Å². The number of benzene rings is 2. The molecule has 1 fully saturated rings. The van der Waals surface area contributed by atoms with E-state index in [1.165, 1.54) is 5.56 Å². The van der Waals surface area contributed by atoms with Crippen LogP contribution in [-0.4, -0.2) is 58.0 Å². The van der Waals surface area contributed by atoms with Crippen molar-refractivity contribution in [3.63, 3.8) is 0 Å². The third-order valence-electron chi connectivity index (χ3n) is 5.89. The Hall–Kier alpha value is -4.20. The van der Waals surface area contributed by atoms with Gasteiger partial charge in [0.15, 0.2) is 0 Å². The lowest BCUT2D eigenvalue weighted by Gasteiger charge is -2.35. The van der Waals surface area contributed by atoms with Gasteiger partial charge in [0.2, 0.25) is 0 Å². The number of carbonyl (C=O) groups excluding carboxylic acids is 2. The Kier molecular flexibility index (Phi) is 5.48. The van der Waals surface area contributed by atoms with E-state index in [0.717, 1.165) is 28.1 Å². The number of imide groups is 1. The molecule has 5 rings (SSSR count). The summed E-state index contributed by atoms with van der Waals surface area (Å²) in [5.41, 5.74) is 4.54. The molecule has 0 atom stereocenters. The Labute approximate surface area is 191 Å². The number of nitrogens with zero attached hydrogens (tertiary/aromatic N) is 4. The van der Waals surface area contributed by atoms with E-state index in [-0.39, 0.29) is 6.03 Å². The third-order valence-corrected chi connectivity index (χ3v) is 5.89. The van der Waals surface area contributed by atoms with Crippen LogP contribution in [0.2, 0.25) is 0 Å². The highest BCUT2D eigenvalue weighted by Crippen LogP contribution is 2.29. The first-order valence-corrected chi connectivity index (χ1v) is 10.9. The van der Waals surface area contributed by atoms with Gasteiger partial charge in [-0.05, 0) is 30.7 Å². The van der Waals surface area contributed by atoms with Crippen LogP contribution in [0.1, 0.15) is 15.9 Å². The molecule has 2 N–H and O–H groups in total. The Morgan fingerprint density at radius 1 is 0.939 bits per heavy atom. The molecule has 4 aromatic rings. The van der Waals surface area contributed by atoms with Gasteiger partial charge in [0, 0.05) is 37.4 Å². The second-order valence-electron chi connectivity index (χ2n) is 8.11. The van der Waals surface area contributed by atoms with E-state index < -0.39 is 5.91 Å². The minimum absolute atomic E-state index is 0.375. The third kappa shape index (κ3) is 4.27. The minimum Gasteiger partial charge on any atom is -0.352 e. The molecule has 8 nitrogen and oxygen atoms in total. The molecule has 0 bridgehead atoms. The van der Waals surface area contributed by atoms with Crippen molar-refractivity contribution in [2.45, 2.75) is 6.92 Å². The Bertz CT molecular complexity index is 1290. The van der Waals surface area contributed by atoms with Crippen molar-refractivity contribution in [2.24, 2.45) is 0 Å². The number of nitrogens with one attached hydrogen (secondary N) is 2. The lowest BCUT2D eigenvalue weighted by Crippen LogP contribution is -2.53. The second-order valence-corrected chi connectivity index (χ2v) is 8.11. The number of amides is 3. The quantitative estimate of drug-likeness (QED) is 0.508. The SMILES string of the molecule is Cc1ccc(-c2cc3c(N4CCN(C(=O)NC(=O)c5ccccc5)CC4)ncnc3[nH]2)cc1. The first-order valence-electron chi connectivity index (χ1n) is 10.9. The predicted molar refractivity (Wildman–Crippen MR) is 127 cm³/mol. The van der Waals surface area contributed by atoms with Crippen molar-refractivity contribution in [2.75, 3.05) is 31.1 Å². The average Bonchev–Trinajstić information content (AvgIpc) is 3.29. The van der Waals surface area contributed by atoms with Crippen molar-refractivity contribution in [1.82, 2.24) is 25.2 Å². The van der Waals surface area contributed by atoms with Crippen LogP contribution in [0.15, 0.2) is 67.0 Å². The van der Waals surface area contributed by atoms with Gasteiger partial charge < -0.3 is 14.8 Å². The summed E-state index contributed by atoms with van der Waals surface area (Å²) in [6.45, 7) is 4.29. The average molecular weight is 441 g/mol. The zero-order valence-corrected chi connectivity index (χ0v) is 18.3.